The van der Waals surface area contributed by atoms with E-state index in [1.54, 1.807) is 36.4 Å². The van der Waals surface area contributed by atoms with Crippen molar-refractivity contribution >= 4 is 21.6 Å². The van der Waals surface area contributed by atoms with Crippen LogP contribution in [0.5, 0.6) is 5.75 Å². The van der Waals surface area contributed by atoms with Crippen LogP contribution in [0.25, 0.3) is 0 Å². The zero-order valence-electron chi connectivity index (χ0n) is 16.3. The van der Waals surface area contributed by atoms with Gasteiger partial charge in [0.2, 0.25) is 0 Å². The maximum absolute atomic E-state index is 12.9. The average Bonchev–Trinajstić information content (AvgIpc) is 2.75. The molecule has 0 atom stereocenters. The maximum Gasteiger partial charge on any atom is 0.262 e. The van der Waals surface area contributed by atoms with E-state index in [9.17, 15) is 17.6 Å². The fourth-order valence-corrected chi connectivity index (χ4v) is 3.86. The van der Waals surface area contributed by atoms with Crippen molar-refractivity contribution in [2.24, 2.45) is 0 Å². The van der Waals surface area contributed by atoms with Crippen LogP contribution in [0.15, 0.2) is 77.7 Å². The van der Waals surface area contributed by atoms with Gasteiger partial charge in [-0.15, -0.1) is 0 Å². The van der Waals surface area contributed by atoms with E-state index in [1.807, 2.05) is 0 Å². The van der Waals surface area contributed by atoms with Gasteiger partial charge in [0, 0.05) is 12.1 Å². The van der Waals surface area contributed by atoms with Crippen LogP contribution in [0.2, 0.25) is 0 Å². The van der Waals surface area contributed by atoms with Crippen LogP contribution in [0.3, 0.4) is 0 Å². The van der Waals surface area contributed by atoms with E-state index in [0.29, 0.717) is 30.0 Å². The normalized spacial score (nSPS) is 11.0. The lowest BCUT2D eigenvalue weighted by atomic mass is 10.1. The highest BCUT2D eigenvalue weighted by atomic mass is 32.2. The lowest BCUT2D eigenvalue weighted by Gasteiger charge is -2.12. The number of carbonyl (C=O) groups is 1. The molecule has 8 heteroatoms. The predicted octanol–water partition coefficient (Wildman–Crippen LogP) is 3.61. The van der Waals surface area contributed by atoms with Crippen molar-refractivity contribution in [3.05, 3.63) is 89.7 Å². The molecule has 3 aromatic rings. The van der Waals surface area contributed by atoms with Gasteiger partial charge in [-0.1, -0.05) is 24.3 Å². The van der Waals surface area contributed by atoms with Crippen molar-refractivity contribution in [3.8, 4) is 5.75 Å². The van der Waals surface area contributed by atoms with E-state index < -0.39 is 10.0 Å². The Morgan fingerprint density at radius 3 is 2.30 bits per heavy atom. The third-order valence-corrected chi connectivity index (χ3v) is 5.77. The molecule has 0 fully saturated rings. The van der Waals surface area contributed by atoms with Crippen LogP contribution in [0.4, 0.5) is 10.1 Å². The summed E-state index contributed by atoms with van der Waals surface area (Å²) in [6.45, 7) is 0.375. The Morgan fingerprint density at radius 1 is 0.967 bits per heavy atom. The van der Waals surface area contributed by atoms with Crippen molar-refractivity contribution in [2.45, 2.75) is 11.3 Å². The average molecular weight is 428 g/mol. The van der Waals surface area contributed by atoms with Gasteiger partial charge in [-0.3, -0.25) is 9.52 Å². The molecule has 156 valence electrons. The smallest absolute Gasteiger partial charge is 0.262 e. The van der Waals surface area contributed by atoms with Gasteiger partial charge in [0.1, 0.15) is 11.6 Å². The van der Waals surface area contributed by atoms with Gasteiger partial charge in [-0.2, -0.15) is 0 Å². The number of sulfonamides is 1. The second kappa shape index (κ2) is 9.41. The molecular formula is C22H21FN2O4S. The topological polar surface area (TPSA) is 84.5 Å². The molecule has 0 saturated heterocycles. The molecule has 0 heterocycles. The number of para-hydroxylation sites is 2. The fraction of sp³-hybridized carbons (Fsp3) is 0.136. The summed E-state index contributed by atoms with van der Waals surface area (Å²) in [5.74, 6) is -0.227. The van der Waals surface area contributed by atoms with Gasteiger partial charge in [-0.05, 0) is 60.5 Å². The minimum Gasteiger partial charge on any atom is -0.495 e. The van der Waals surface area contributed by atoms with Gasteiger partial charge in [0.15, 0.2) is 0 Å². The number of anilines is 1. The van der Waals surface area contributed by atoms with E-state index in [0.717, 1.165) is 5.56 Å². The lowest BCUT2D eigenvalue weighted by Crippen LogP contribution is -2.25. The Labute approximate surface area is 174 Å². The monoisotopic (exact) mass is 428 g/mol. The predicted molar refractivity (Wildman–Crippen MR) is 113 cm³/mol. The molecule has 0 bridgehead atoms. The molecule has 30 heavy (non-hydrogen) atoms. The number of halogens is 1. The third kappa shape index (κ3) is 5.36. The van der Waals surface area contributed by atoms with Crippen LogP contribution in [0, 0.1) is 5.82 Å². The molecule has 0 spiro atoms. The van der Waals surface area contributed by atoms with Crippen LogP contribution >= 0.6 is 0 Å². The van der Waals surface area contributed by atoms with Crippen molar-refractivity contribution in [1.29, 1.82) is 0 Å². The highest BCUT2D eigenvalue weighted by molar-refractivity contribution is 7.92. The lowest BCUT2D eigenvalue weighted by molar-refractivity contribution is 0.0954. The highest BCUT2D eigenvalue weighted by Gasteiger charge is 2.17. The first-order valence-electron chi connectivity index (χ1n) is 9.17. The van der Waals surface area contributed by atoms with Crippen LogP contribution in [-0.2, 0) is 16.4 Å². The van der Waals surface area contributed by atoms with E-state index in [-0.39, 0.29) is 16.6 Å². The molecule has 3 aromatic carbocycles. The second-order valence-corrected chi connectivity index (χ2v) is 8.14. The van der Waals surface area contributed by atoms with Crippen molar-refractivity contribution in [3.63, 3.8) is 0 Å². The largest absolute Gasteiger partial charge is 0.495 e. The Hall–Kier alpha value is -3.39. The number of methoxy groups -OCH3 is 1. The van der Waals surface area contributed by atoms with E-state index in [2.05, 4.69) is 10.0 Å². The summed E-state index contributed by atoms with van der Waals surface area (Å²) in [6, 6.07) is 18.4. The molecule has 0 unspecified atom stereocenters. The Morgan fingerprint density at radius 2 is 1.63 bits per heavy atom. The number of benzene rings is 3. The molecule has 0 radical (unpaired) electrons. The summed E-state index contributed by atoms with van der Waals surface area (Å²) in [4.78, 5) is 12.3. The first-order valence-corrected chi connectivity index (χ1v) is 10.7. The number of amides is 1. The molecule has 0 aliphatic heterocycles. The minimum absolute atomic E-state index is 0.0243. The molecule has 0 aliphatic carbocycles. The van der Waals surface area contributed by atoms with Crippen molar-refractivity contribution < 1.29 is 22.3 Å². The van der Waals surface area contributed by atoms with Crippen LogP contribution < -0.4 is 14.8 Å². The van der Waals surface area contributed by atoms with Crippen molar-refractivity contribution in [2.75, 3.05) is 18.4 Å². The number of hydrogen-bond acceptors (Lipinski definition) is 4. The molecule has 2 N–H and O–H groups in total. The molecule has 3 rings (SSSR count). The molecule has 0 saturated carbocycles. The summed E-state index contributed by atoms with van der Waals surface area (Å²) in [7, 11) is -2.38. The standard InChI is InChI=1S/C22H21FN2O4S/c1-29-21-5-3-2-4-20(21)25-30(27,28)19-12-8-17(9-13-19)22(26)24-15-14-16-6-10-18(23)11-7-16/h2-13,25H,14-15H2,1H3,(H,24,26). The quantitative estimate of drug-likeness (QED) is 0.574. The summed E-state index contributed by atoms with van der Waals surface area (Å²) < 4.78 is 45.8. The summed E-state index contributed by atoms with van der Waals surface area (Å²) >= 11 is 0. The number of rotatable bonds is 8. The number of nitrogens with one attached hydrogen (secondary N) is 2. The van der Waals surface area contributed by atoms with Gasteiger partial charge >= 0.3 is 0 Å². The van der Waals surface area contributed by atoms with Gasteiger partial charge in [-0.25, -0.2) is 12.8 Å². The molecule has 1 amide bonds. The van der Waals surface area contributed by atoms with E-state index >= 15 is 0 Å². The van der Waals surface area contributed by atoms with Crippen LogP contribution in [0.1, 0.15) is 15.9 Å². The first kappa shape index (κ1) is 21.3. The Bertz CT molecular complexity index is 1110. The van der Waals surface area contributed by atoms with E-state index in [4.69, 9.17) is 4.74 Å². The van der Waals surface area contributed by atoms with E-state index in [1.165, 1.54) is 43.5 Å². The summed E-state index contributed by atoms with van der Waals surface area (Å²) in [5, 5.41) is 2.76. The fourth-order valence-electron chi connectivity index (χ4n) is 2.79. The number of hydrogen-bond donors (Lipinski definition) is 2. The molecule has 0 aromatic heterocycles. The minimum atomic E-state index is -3.84. The van der Waals surface area contributed by atoms with Gasteiger partial charge < -0.3 is 10.1 Å². The molecule has 6 nitrogen and oxygen atoms in total. The highest BCUT2D eigenvalue weighted by Crippen LogP contribution is 2.26. The Kier molecular flexibility index (Phi) is 6.68. The SMILES string of the molecule is COc1ccccc1NS(=O)(=O)c1ccc(C(=O)NCCc2ccc(F)cc2)cc1. The first-order chi connectivity index (χ1) is 14.4. The van der Waals surface area contributed by atoms with Crippen molar-refractivity contribution in [1.82, 2.24) is 5.32 Å². The summed E-state index contributed by atoms with van der Waals surface area (Å²) in [5.41, 5.74) is 1.56. The number of ether oxygens (including phenoxy) is 1. The second-order valence-electron chi connectivity index (χ2n) is 6.46. The molecule has 0 aliphatic rings. The van der Waals surface area contributed by atoms with Crippen LogP contribution in [-0.4, -0.2) is 28.0 Å². The summed E-state index contributed by atoms with van der Waals surface area (Å²) in [6.07, 6.45) is 0.557. The maximum atomic E-state index is 12.9. The zero-order chi connectivity index (χ0) is 21.6. The molecular weight excluding hydrogens is 407 g/mol. The Balaban J connectivity index is 1.61. The van der Waals surface area contributed by atoms with Gasteiger partial charge in [0.05, 0.1) is 17.7 Å². The zero-order valence-corrected chi connectivity index (χ0v) is 17.1. The van der Waals surface area contributed by atoms with Gasteiger partial charge in [0.25, 0.3) is 15.9 Å². The third-order valence-electron chi connectivity index (χ3n) is 4.39. The number of carbonyl (C=O) groups excluding carboxylic acids is 1.